The first-order valence-corrected chi connectivity index (χ1v) is 14.2. The largest absolute Gasteiger partial charge is 0.490 e. The van der Waals surface area contributed by atoms with Crippen molar-refractivity contribution in [2.75, 3.05) is 20.3 Å². The van der Waals surface area contributed by atoms with Crippen LogP contribution in [0.4, 0.5) is 4.39 Å². The maximum atomic E-state index is 13.8. The first kappa shape index (κ1) is 28.8. The van der Waals surface area contributed by atoms with Gasteiger partial charge in [0.15, 0.2) is 16.3 Å². The molecule has 0 aliphatic carbocycles. The van der Waals surface area contributed by atoms with Crippen LogP contribution in [0.3, 0.4) is 0 Å². The zero-order chi connectivity index (χ0) is 29.6. The smallest absolute Gasteiger partial charge is 0.337 e. The maximum absolute atomic E-state index is 13.8. The van der Waals surface area contributed by atoms with Crippen molar-refractivity contribution in [1.82, 2.24) is 4.57 Å². The van der Waals surface area contributed by atoms with Gasteiger partial charge in [-0.1, -0.05) is 41.7 Å². The second kappa shape index (κ2) is 12.9. The number of nitrogens with zero attached hydrogens (tertiary/aromatic N) is 2. The molecule has 0 unspecified atom stereocenters. The van der Waals surface area contributed by atoms with Gasteiger partial charge in [0.25, 0.3) is 5.56 Å². The maximum Gasteiger partial charge on any atom is 0.337 e. The van der Waals surface area contributed by atoms with Gasteiger partial charge in [0.05, 0.1) is 36.5 Å². The van der Waals surface area contributed by atoms with E-state index in [0.717, 1.165) is 11.1 Å². The van der Waals surface area contributed by atoms with Crippen LogP contribution in [0.1, 0.15) is 36.6 Å². The van der Waals surface area contributed by atoms with Gasteiger partial charge in [-0.25, -0.2) is 14.2 Å². The molecule has 0 saturated heterocycles. The lowest BCUT2D eigenvalue weighted by molar-refractivity contribution is -0.136. The van der Waals surface area contributed by atoms with Crippen molar-refractivity contribution in [3.63, 3.8) is 0 Å². The Labute approximate surface area is 245 Å². The molecule has 4 aromatic rings. The molecule has 216 valence electrons. The normalized spacial score (nSPS) is 14.4. The third-order valence-electron chi connectivity index (χ3n) is 6.48. The summed E-state index contributed by atoms with van der Waals surface area (Å²) in [5.41, 5.74) is 2.09. The molecule has 1 aliphatic rings. The van der Waals surface area contributed by atoms with Crippen molar-refractivity contribution in [3.8, 4) is 17.2 Å². The van der Waals surface area contributed by atoms with Gasteiger partial charge >= 0.3 is 5.97 Å². The van der Waals surface area contributed by atoms with Gasteiger partial charge in [-0.2, -0.15) is 0 Å². The average Bonchev–Trinajstić information content (AvgIpc) is 3.31. The number of methoxy groups -OCH3 is 1. The number of hydrogen-bond acceptors (Lipinski definition) is 8. The first-order chi connectivity index (χ1) is 20.4. The molecule has 42 heavy (non-hydrogen) atoms. The van der Waals surface area contributed by atoms with Gasteiger partial charge in [0, 0.05) is 6.20 Å². The predicted octanol–water partition coefficient (Wildman–Crippen LogP) is 4.53. The highest BCUT2D eigenvalue weighted by molar-refractivity contribution is 7.07. The van der Waals surface area contributed by atoms with Crippen molar-refractivity contribution in [1.29, 1.82) is 0 Å². The summed E-state index contributed by atoms with van der Waals surface area (Å²) in [7, 11) is 1.29. The number of ether oxygens (including phenoxy) is 4. The number of thiazole rings is 1. The summed E-state index contributed by atoms with van der Waals surface area (Å²) in [6.45, 7) is 4.86. The number of hydrogen-bond donors (Lipinski definition) is 0. The minimum atomic E-state index is -0.774. The summed E-state index contributed by atoms with van der Waals surface area (Å²) in [4.78, 5) is 31.4. The second-order valence-electron chi connectivity index (χ2n) is 9.24. The van der Waals surface area contributed by atoms with Crippen LogP contribution in [0.15, 0.2) is 88.3 Å². The van der Waals surface area contributed by atoms with Crippen molar-refractivity contribution < 1.29 is 28.1 Å². The quantitative estimate of drug-likeness (QED) is 0.253. The zero-order valence-corrected chi connectivity index (χ0v) is 24.2. The molecule has 0 spiro atoms. The summed E-state index contributed by atoms with van der Waals surface area (Å²) in [6, 6.07) is 18.1. The number of benzene rings is 3. The van der Waals surface area contributed by atoms with E-state index in [1.807, 2.05) is 26.0 Å². The standard InChI is InChI=1S/C32H29FN2O6S/c1-4-39-26-14-11-22(17-27(26)40-5-2)29-25(31(37)38-3)18-34-32-35(29)30(36)28(42-32)16-20-9-12-24(13-10-20)41-19-21-7-6-8-23(33)15-21/h6-18,29H,4-5,19H2,1-3H3/b28-16-/t29-/m1/s1. The average molecular weight is 589 g/mol. The molecule has 1 aliphatic heterocycles. The summed E-state index contributed by atoms with van der Waals surface area (Å²) < 4.78 is 37.7. The Morgan fingerprint density at radius 1 is 1.00 bits per heavy atom. The molecule has 0 N–H and O–H groups in total. The van der Waals surface area contributed by atoms with Gasteiger partial charge in [-0.15, -0.1) is 0 Å². The predicted molar refractivity (Wildman–Crippen MR) is 157 cm³/mol. The topological polar surface area (TPSA) is 88.4 Å². The molecule has 2 heterocycles. The SMILES string of the molecule is CCOc1ccc([C@@H]2C(C(=O)OC)=CN=c3s/c(=C\c4ccc(OCc5cccc(F)c5)cc4)c(=O)n32)cc1OCC. The minimum Gasteiger partial charge on any atom is -0.490 e. The Morgan fingerprint density at radius 2 is 1.76 bits per heavy atom. The van der Waals surface area contributed by atoms with Crippen LogP contribution < -0.4 is 29.1 Å². The fourth-order valence-corrected chi connectivity index (χ4v) is 5.56. The molecule has 0 bridgehead atoms. The summed E-state index contributed by atoms with van der Waals surface area (Å²) in [5.74, 6) is 0.799. The molecule has 5 rings (SSSR count). The summed E-state index contributed by atoms with van der Waals surface area (Å²) >= 11 is 1.22. The summed E-state index contributed by atoms with van der Waals surface area (Å²) in [6.07, 6.45) is 3.22. The lowest BCUT2D eigenvalue weighted by Crippen LogP contribution is -2.39. The molecule has 0 radical (unpaired) electrons. The van der Waals surface area contributed by atoms with Crippen LogP contribution >= 0.6 is 11.3 Å². The molecule has 8 nitrogen and oxygen atoms in total. The van der Waals surface area contributed by atoms with E-state index in [1.165, 1.54) is 41.3 Å². The molecule has 1 atom stereocenters. The van der Waals surface area contributed by atoms with Crippen molar-refractivity contribution in [2.24, 2.45) is 4.99 Å². The van der Waals surface area contributed by atoms with E-state index in [9.17, 15) is 14.0 Å². The third-order valence-corrected chi connectivity index (χ3v) is 7.48. The Bertz CT molecular complexity index is 1810. The first-order valence-electron chi connectivity index (χ1n) is 13.4. The number of carbonyl (C=O) groups excluding carboxylic acids is 1. The highest BCUT2D eigenvalue weighted by Crippen LogP contribution is 2.35. The number of aromatic nitrogens is 1. The van der Waals surface area contributed by atoms with E-state index in [4.69, 9.17) is 18.9 Å². The molecular formula is C32H29FN2O6S. The van der Waals surface area contributed by atoms with E-state index < -0.39 is 12.0 Å². The lowest BCUT2D eigenvalue weighted by Gasteiger charge is -2.23. The number of esters is 1. The van der Waals surface area contributed by atoms with Gasteiger partial charge in [-0.3, -0.25) is 9.36 Å². The Morgan fingerprint density at radius 3 is 2.48 bits per heavy atom. The van der Waals surface area contributed by atoms with E-state index in [1.54, 1.807) is 48.5 Å². The van der Waals surface area contributed by atoms with Crippen LogP contribution in [0.25, 0.3) is 6.08 Å². The van der Waals surface area contributed by atoms with Crippen LogP contribution in [0, 0.1) is 5.82 Å². The van der Waals surface area contributed by atoms with Crippen molar-refractivity contribution in [3.05, 3.63) is 121 Å². The van der Waals surface area contributed by atoms with Crippen LogP contribution in [0.2, 0.25) is 0 Å². The monoisotopic (exact) mass is 588 g/mol. The zero-order valence-electron chi connectivity index (χ0n) is 23.3. The fraction of sp³-hybridized carbons (Fsp3) is 0.219. The molecule has 0 saturated carbocycles. The highest BCUT2D eigenvalue weighted by atomic mass is 32.1. The van der Waals surface area contributed by atoms with Gasteiger partial charge in [-0.05, 0) is 73.0 Å². The number of halogens is 1. The molecule has 3 aromatic carbocycles. The highest BCUT2D eigenvalue weighted by Gasteiger charge is 2.31. The lowest BCUT2D eigenvalue weighted by atomic mass is 9.97. The Balaban J connectivity index is 1.49. The number of rotatable bonds is 10. The van der Waals surface area contributed by atoms with E-state index in [0.29, 0.717) is 45.4 Å². The molecule has 10 heteroatoms. The fourth-order valence-electron chi connectivity index (χ4n) is 4.59. The third kappa shape index (κ3) is 6.13. The van der Waals surface area contributed by atoms with E-state index >= 15 is 0 Å². The van der Waals surface area contributed by atoms with Crippen LogP contribution in [0.5, 0.6) is 17.2 Å². The van der Waals surface area contributed by atoms with Crippen molar-refractivity contribution >= 4 is 23.4 Å². The summed E-state index contributed by atoms with van der Waals surface area (Å²) in [5, 5.41) is 0. The molecule has 0 amide bonds. The molecule has 0 fully saturated rings. The second-order valence-corrected chi connectivity index (χ2v) is 10.2. The van der Waals surface area contributed by atoms with E-state index in [-0.39, 0.29) is 23.6 Å². The van der Waals surface area contributed by atoms with Gasteiger partial charge < -0.3 is 18.9 Å². The van der Waals surface area contributed by atoms with Crippen LogP contribution in [-0.2, 0) is 16.1 Å². The Hall–Kier alpha value is -4.70. The molecular weight excluding hydrogens is 559 g/mol. The number of fused-ring (bicyclic) bond motifs is 1. The minimum absolute atomic E-state index is 0.225. The van der Waals surface area contributed by atoms with Gasteiger partial charge in [0.1, 0.15) is 18.2 Å². The number of carbonyl (C=O) groups is 1. The molecule has 1 aromatic heterocycles. The Kier molecular flexibility index (Phi) is 8.83. The van der Waals surface area contributed by atoms with Crippen LogP contribution in [-0.4, -0.2) is 30.9 Å². The van der Waals surface area contributed by atoms with Crippen molar-refractivity contribution in [2.45, 2.75) is 26.5 Å². The van der Waals surface area contributed by atoms with Gasteiger partial charge in [0.2, 0.25) is 0 Å². The van der Waals surface area contributed by atoms with E-state index in [2.05, 4.69) is 4.99 Å².